The first kappa shape index (κ1) is 17.1. The van der Waals surface area contributed by atoms with Crippen LogP contribution in [-0.2, 0) is 20.7 Å². The van der Waals surface area contributed by atoms with Crippen molar-refractivity contribution in [2.45, 2.75) is 25.4 Å². The molecule has 0 bridgehead atoms. The minimum Gasteiger partial charge on any atom is -0.368 e. The number of nitrogens with one attached hydrogen (secondary N) is 2. The van der Waals surface area contributed by atoms with Crippen LogP contribution in [0.15, 0.2) is 48.5 Å². The summed E-state index contributed by atoms with van der Waals surface area (Å²) in [4.78, 5) is 24.0. The lowest BCUT2D eigenvalue weighted by atomic mass is 10.1. The molecule has 2 aromatic carbocycles. The predicted molar refractivity (Wildman–Crippen MR) is 92.8 cm³/mol. The SMILES string of the molecule is O=C(Cc1ccc(F)cc1)Nc1ccc(NC(=O)C2CCCO2)cc1. The van der Waals surface area contributed by atoms with E-state index in [4.69, 9.17) is 4.74 Å². The molecule has 6 heteroatoms. The summed E-state index contributed by atoms with van der Waals surface area (Å²) in [5.41, 5.74) is 2.01. The number of amides is 2. The van der Waals surface area contributed by atoms with Crippen LogP contribution < -0.4 is 10.6 Å². The number of rotatable bonds is 5. The van der Waals surface area contributed by atoms with Crippen LogP contribution in [0.5, 0.6) is 0 Å². The molecule has 1 aliphatic heterocycles. The summed E-state index contributed by atoms with van der Waals surface area (Å²) in [6, 6.07) is 12.7. The minimum absolute atomic E-state index is 0.148. The van der Waals surface area contributed by atoms with Gasteiger partial charge in [0.1, 0.15) is 11.9 Å². The van der Waals surface area contributed by atoms with E-state index in [0.29, 0.717) is 18.0 Å². The van der Waals surface area contributed by atoms with Crippen molar-refractivity contribution in [1.29, 1.82) is 0 Å². The number of benzene rings is 2. The number of anilines is 2. The molecular weight excluding hydrogens is 323 g/mol. The quantitative estimate of drug-likeness (QED) is 0.877. The third-order valence-corrected chi connectivity index (χ3v) is 3.94. The van der Waals surface area contributed by atoms with Gasteiger partial charge in [-0.2, -0.15) is 0 Å². The highest BCUT2D eigenvalue weighted by molar-refractivity contribution is 5.95. The molecule has 130 valence electrons. The molecule has 0 aromatic heterocycles. The lowest BCUT2D eigenvalue weighted by Gasteiger charge is -2.11. The van der Waals surface area contributed by atoms with Gasteiger partial charge in [-0.15, -0.1) is 0 Å². The van der Waals surface area contributed by atoms with Crippen molar-refractivity contribution in [2.24, 2.45) is 0 Å². The van der Waals surface area contributed by atoms with Crippen molar-refractivity contribution < 1.29 is 18.7 Å². The number of carbonyl (C=O) groups is 2. The largest absolute Gasteiger partial charge is 0.368 e. The van der Waals surface area contributed by atoms with Gasteiger partial charge in [0.15, 0.2) is 0 Å². The fraction of sp³-hybridized carbons (Fsp3) is 0.263. The molecule has 1 heterocycles. The summed E-state index contributed by atoms with van der Waals surface area (Å²) in [7, 11) is 0. The van der Waals surface area contributed by atoms with E-state index in [2.05, 4.69) is 10.6 Å². The Bertz CT molecular complexity index is 738. The topological polar surface area (TPSA) is 67.4 Å². The van der Waals surface area contributed by atoms with Crippen LogP contribution in [0.3, 0.4) is 0 Å². The molecule has 5 nitrogen and oxygen atoms in total. The Hall–Kier alpha value is -2.73. The molecule has 0 radical (unpaired) electrons. The van der Waals surface area contributed by atoms with E-state index >= 15 is 0 Å². The highest BCUT2D eigenvalue weighted by atomic mass is 19.1. The summed E-state index contributed by atoms with van der Waals surface area (Å²) in [5.74, 6) is -0.668. The smallest absolute Gasteiger partial charge is 0.253 e. The molecule has 1 aliphatic rings. The number of carbonyl (C=O) groups excluding carboxylic acids is 2. The molecule has 2 aromatic rings. The van der Waals surface area contributed by atoms with Crippen LogP contribution in [0.25, 0.3) is 0 Å². The van der Waals surface area contributed by atoms with Gasteiger partial charge in [-0.3, -0.25) is 9.59 Å². The van der Waals surface area contributed by atoms with Gasteiger partial charge in [-0.25, -0.2) is 4.39 Å². The summed E-state index contributed by atoms with van der Waals surface area (Å²) in [6.45, 7) is 0.622. The predicted octanol–water partition coefficient (Wildman–Crippen LogP) is 3.12. The minimum atomic E-state index is -0.380. The Morgan fingerprint density at radius 3 is 2.24 bits per heavy atom. The van der Waals surface area contributed by atoms with Gasteiger partial charge in [0.05, 0.1) is 6.42 Å². The fourth-order valence-electron chi connectivity index (χ4n) is 2.64. The van der Waals surface area contributed by atoms with Gasteiger partial charge >= 0.3 is 0 Å². The van der Waals surface area contributed by atoms with Crippen LogP contribution in [0.1, 0.15) is 18.4 Å². The molecular formula is C19H19FN2O3. The first-order chi connectivity index (χ1) is 12.1. The second kappa shape index (κ2) is 7.90. The lowest BCUT2D eigenvalue weighted by molar-refractivity contribution is -0.124. The van der Waals surface area contributed by atoms with Gasteiger partial charge in [0.2, 0.25) is 5.91 Å². The van der Waals surface area contributed by atoms with Crippen molar-refractivity contribution in [3.63, 3.8) is 0 Å². The normalized spacial score (nSPS) is 16.4. The van der Waals surface area contributed by atoms with Crippen LogP contribution in [0, 0.1) is 5.82 Å². The van der Waals surface area contributed by atoms with E-state index in [1.807, 2.05) is 0 Å². The maximum absolute atomic E-state index is 12.9. The highest BCUT2D eigenvalue weighted by Crippen LogP contribution is 2.17. The monoisotopic (exact) mass is 342 g/mol. The Kier molecular flexibility index (Phi) is 5.40. The molecule has 0 aliphatic carbocycles. The third-order valence-electron chi connectivity index (χ3n) is 3.94. The molecule has 1 atom stereocenters. The number of halogens is 1. The van der Waals surface area contributed by atoms with E-state index < -0.39 is 0 Å². The van der Waals surface area contributed by atoms with Crippen LogP contribution >= 0.6 is 0 Å². The second-order valence-corrected chi connectivity index (χ2v) is 5.92. The van der Waals surface area contributed by atoms with Crippen LogP contribution in [0.4, 0.5) is 15.8 Å². The first-order valence-corrected chi connectivity index (χ1v) is 8.17. The van der Waals surface area contributed by atoms with E-state index in [-0.39, 0.29) is 30.2 Å². The average molecular weight is 342 g/mol. The summed E-state index contributed by atoms with van der Waals surface area (Å²) < 4.78 is 18.2. The van der Waals surface area contributed by atoms with E-state index in [9.17, 15) is 14.0 Å². The van der Waals surface area contributed by atoms with Crippen molar-refractivity contribution in [1.82, 2.24) is 0 Å². The van der Waals surface area contributed by atoms with Crippen molar-refractivity contribution >= 4 is 23.2 Å². The summed E-state index contributed by atoms with van der Waals surface area (Å²) >= 11 is 0. The number of hydrogen-bond donors (Lipinski definition) is 2. The molecule has 3 rings (SSSR count). The highest BCUT2D eigenvalue weighted by Gasteiger charge is 2.23. The Morgan fingerprint density at radius 1 is 1.00 bits per heavy atom. The zero-order valence-corrected chi connectivity index (χ0v) is 13.6. The molecule has 25 heavy (non-hydrogen) atoms. The summed E-state index contributed by atoms with van der Waals surface area (Å²) in [5, 5.41) is 5.57. The third kappa shape index (κ3) is 4.87. The molecule has 1 saturated heterocycles. The van der Waals surface area contributed by atoms with Gasteiger partial charge in [0, 0.05) is 18.0 Å². The molecule has 0 saturated carbocycles. The summed E-state index contributed by atoms with van der Waals surface area (Å²) in [6.07, 6.45) is 1.42. The second-order valence-electron chi connectivity index (χ2n) is 5.92. The standard InChI is InChI=1S/C19H19FN2O3/c20-14-5-3-13(4-6-14)12-18(23)21-15-7-9-16(10-8-15)22-19(24)17-2-1-11-25-17/h3-10,17H,1-2,11-12H2,(H,21,23)(H,22,24). The Labute approximate surface area is 145 Å². The van der Waals surface area contributed by atoms with Gasteiger partial charge < -0.3 is 15.4 Å². The zero-order chi connectivity index (χ0) is 17.6. The van der Waals surface area contributed by atoms with E-state index in [1.165, 1.54) is 12.1 Å². The van der Waals surface area contributed by atoms with Crippen molar-refractivity contribution in [3.8, 4) is 0 Å². The number of ether oxygens (including phenoxy) is 1. The Balaban J connectivity index is 1.52. The van der Waals surface area contributed by atoms with E-state index in [0.717, 1.165) is 18.4 Å². The van der Waals surface area contributed by atoms with E-state index in [1.54, 1.807) is 36.4 Å². The van der Waals surface area contributed by atoms with Crippen molar-refractivity contribution in [3.05, 3.63) is 59.9 Å². The Morgan fingerprint density at radius 2 is 1.64 bits per heavy atom. The zero-order valence-electron chi connectivity index (χ0n) is 13.6. The van der Waals surface area contributed by atoms with Gasteiger partial charge in [-0.05, 0) is 54.8 Å². The first-order valence-electron chi connectivity index (χ1n) is 8.17. The van der Waals surface area contributed by atoms with Gasteiger partial charge in [0.25, 0.3) is 5.91 Å². The maximum atomic E-state index is 12.9. The van der Waals surface area contributed by atoms with Crippen LogP contribution in [0.2, 0.25) is 0 Å². The molecule has 1 fully saturated rings. The number of hydrogen-bond acceptors (Lipinski definition) is 3. The average Bonchev–Trinajstić information content (AvgIpc) is 3.13. The molecule has 1 unspecified atom stereocenters. The molecule has 2 amide bonds. The maximum Gasteiger partial charge on any atom is 0.253 e. The van der Waals surface area contributed by atoms with Crippen molar-refractivity contribution in [2.75, 3.05) is 17.2 Å². The van der Waals surface area contributed by atoms with Gasteiger partial charge in [-0.1, -0.05) is 12.1 Å². The lowest BCUT2D eigenvalue weighted by Crippen LogP contribution is -2.26. The van der Waals surface area contributed by atoms with Crippen LogP contribution in [-0.4, -0.2) is 24.5 Å². The fourth-order valence-corrected chi connectivity index (χ4v) is 2.64. The molecule has 0 spiro atoms. The molecule has 2 N–H and O–H groups in total.